The van der Waals surface area contributed by atoms with Crippen LogP contribution in [0.3, 0.4) is 0 Å². The lowest BCUT2D eigenvalue weighted by Crippen LogP contribution is -2.53. The smallest absolute Gasteiger partial charge is 0.253 e. The van der Waals surface area contributed by atoms with E-state index in [1.54, 1.807) is 0 Å². The molecule has 5 nitrogen and oxygen atoms in total. The van der Waals surface area contributed by atoms with Gasteiger partial charge in [0.1, 0.15) is 0 Å². The van der Waals surface area contributed by atoms with E-state index in [-0.39, 0.29) is 11.9 Å². The van der Waals surface area contributed by atoms with Crippen LogP contribution in [0, 0.1) is 5.41 Å². The van der Waals surface area contributed by atoms with Crippen LogP contribution in [0.2, 0.25) is 0 Å². The first kappa shape index (κ1) is 21.9. The van der Waals surface area contributed by atoms with Crippen molar-refractivity contribution < 1.29 is 4.79 Å². The van der Waals surface area contributed by atoms with Crippen LogP contribution in [0.5, 0.6) is 0 Å². The summed E-state index contributed by atoms with van der Waals surface area (Å²) < 4.78 is 2.24. The highest BCUT2D eigenvalue weighted by Crippen LogP contribution is 2.27. The van der Waals surface area contributed by atoms with Crippen molar-refractivity contribution in [2.45, 2.75) is 51.1 Å². The van der Waals surface area contributed by atoms with Gasteiger partial charge in [-0.3, -0.25) is 9.69 Å². The number of piperazine rings is 1. The Labute approximate surface area is 196 Å². The second kappa shape index (κ2) is 9.52. The third kappa shape index (κ3) is 4.74. The van der Waals surface area contributed by atoms with Gasteiger partial charge >= 0.3 is 0 Å². The first-order valence-corrected chi connectivity index (χ1v) is 12.3. The van der Waals surface area contributed by atoms with Gasteiger partial charge in [0.2, 0.25) is 0 Å². The molecule has 1 saturated heterocycles. The summed E-state index contributed by atoms with van der Waals surface area (Å²) in [4.78, 5) is 17.7. The molecule has 172 valence electrons. The number of amides is 1. The number of carbonyl (C=O) groups excluding carboxylic acids is 1. The third-order valence-corrected chi connectivity index (χ3v) is 7.44. The molecular weight excluding hydrogens is 408 g/mol. The zero-order valence-corrected chi connectivity index (χ0v) is 19.5. The molecule has 1 unspecified atom stereocenters. The molecule has 33 heavy (non-hydrogen) atoms. The first-order chi connectivity index (χ1) is 16.1. The van der Waals surface area contributed by atoms with Crippen molar-refractivity contribution in [2.75, 3.05) is 26.2 Å². The fourth-order valence-electron chi connectivity index (χ4n) is 5.28. The molecule has 5 heteroatoms. The van der Waals surface area contributed by atoms with E-state index in [1.165, 1.54) is 24.8 Å². The van der Waals surface area contributed by atoms with E-state index in [9.17, 15) is 4.79 Å². The fraction of sp³-hybridized carbons (Fsp3) is 0.429. The fourth-order valence-corrected chi connectivity index (χ4v) is 5.28. The molecule has 5 rings (SSSR count). The Bertz CT molecular complexity index is 1120. The summed E-state index contributed by atoms with van der Waals surface area (Å²) in [6.45, 7) is 5.83. The lowest BCUT2D eigenvalue weighted by Gasteiger charge is -2.42. The van der Waals surface area contributed by atoms with E-state index < -0.39 is 0 Å². The number of aromatic nitrogens is 1. The molecule has 1 aromatic heterocycles. The highest BCUT2D eigenvalue weighted by Gasteiger charge is 2.29. The van der Waals surface area contributed by atoms with E-state index in [2.05, 4.69) is 46.9 Å². The quantitative estimate of drug-likeness (QED) is 0.514. The van der Waals surface area contributed by atoms with Crippen LogP contribution in [0.25, 0.3) is 10.9 Å². The molecule has 3 aromatic rings. The highest BCUT2D eigenvalue weighted by molar-refractivity contribution is 5.98. The molecule has 1 atom stereocenters. The lowest BCUT2D eigenvalue weighted by atomic mass is 9.91. The number of carbonyl (C=O) groups is 1. The minimum atomic E-state index is 0.149. The summed E-state index contributed by atoms with van der Waals surface area (Å²) in [5, 5.41) is 9.55. The molecule has 1 aliphatic carbocycles. The Balaban J connectivity index is 1.22. The Morgan fingerprint density at radius 1 is 1.03 bits per heavy atom. The topological polar surface area (TPSA) is 52.3 Å². The molecular formula is C28H34N4O. The molecule has 1 aliphatic heterocycles. The van der Waals surface area contributed by atoms with Crippen molar-refractivity contribution in [1.82, 2.24) is 14.4 Å². The first-order valence-electron chi connectivity index (χ1n) is 12.3. The molecule has 0 spiro atoms. The molecule has 1 N–H and O–H groups in total. The minimum Gasteiger partial charge on any atom is -0.344 e. The zero-order valence-electron chi connectivity index (χ0n) is 19.5. The van der Waals surface area contributed by atoms with E-state index in [0.717, 1.165) is 54.4 Å². The van der Waals surface area contributed by atoms with Crippen LogP contribution >= 0.6 is 0 Å². The van der Waals surface area contributed by atoms with E-state index in [1.807, 2.05) is 35.2 Å². The Hall–Kier alpha value is -2.92. The average Bonchev–Trinajstić information content (AvgIpc) is 3.22. The van der Waals surface area contributed by atoms with Crippen LogP contribution in [0.4, 0.5) is 0 Å². The SMILES string of the molecule is CC(CC(=N)Cc1ccccc1)n1ccc2cc(C(=O)N3CCN(C4CCC4)CC3)ccc21. The van der Waals surface area contributed by atoms with E-state index in [0.29, 0.717) is 12.8 Å². The normalized spacial score (nSPS) is 18.3. The van der Waals surface area contributed by atoms with Gasteiger partial charge in [-0.05, 0) is 49.6 Å². The largest absolute Gasteiger partial charge is 0.344 e. The van der Waals surface area contributed by atoms with Crippen molar-refractivity contribution in [3.05, 3.63) is 71.9 Å². The van der Waals surface area contributed by atoms with Crippen LogP contribution < -0.4 is 0 Å². The number of nitrogens with one attached hydrogen (secondary N) is 1. The molecule has 2 aromatic carbocycles. The van der Waals surface area contributed by atoms with Crippen LogP contribution in [-0.4, -0.2) is 58.2 Å². The Morgan fingerprint density at radius 2 is 1.79 bits per heavy atom. The standard InChI is InChI=1S/C28H34N4O/c1-21(18-25(29)19-22-6-3-2-4-7-22)32-13-12-23-20-24(10-11-27(23)32)28(33)31-16-14-30(15-17-31)26-8-5-9-26/h2-4,6-7,10-13,20-21,26,29H,5,8-9,14-19H2,1H3. The lowest BCUT2D eigenvalue weighted by molar-refractivity contribution is 0.0455. The van der Waals surface area contributed by atoms with Gasteiger partial charge in [-0.15, -0.1) is 0 Å². The molecule has 2 fully saturated rings. The molecule has 2 aliphatic rings. The molecule has 2 heterocycles. The number of fused-ring (bicyclic) bond motifs is 1. The van der Waals surface area contributed by atoms with Gasteiger partial charge in [-0.1, -0.05) is 36.8 Å². The molecule has 0 bridgehead atoms. The van der Waals surface area contributed by atoms with Crippen LogP contribution in [0.1, 0.15) is 54.6 Å². The number of hydrogen-bond acceptors (Lipinski definition) is 3. The second-order valence-electron chi connectivity index (χ2n) is 9.73. The molecule has 1 saturated carbocycles. The van der Waals surface area contributed by atoms with Gasteiger partial charge < -0.3 is 14.9 Å². The van der Waals surface area contributed by atoms with Crippen LogP contribution in [-0.2, 0) is 6.42 Å². The number of hydrogen-bond donors (Lipinski definition) is 1. The van der Waals surface area contributed by atoms with Gasteiger partial charge in [-0.25, -0.2) is 0 Å². The van der Waals surface area contributed by atoms with Crippen molar-refractivity contribution in [1.29, 1.82) is 5.41 Å². The van der Waals surface area contributed by atoms with E-state index in [4.69, 9.17) is 5.41 Å². The van der Waals surface area contributed by atoms with E-state index >= 15 is 0 Å². The van der Waals surface area contributed by atoms with Crippen molar-refractivity contribution in [2.24, 2.45) is 0 Å². The number of rotatable bonds is 7. The number of nitrogens with zero attached hydrogens (tertiary/aromatic N) is 3. The summed E-state index contributed by atoms with van der Waals surface area (Å²) in [6.07, 6.45) is 7.51. The summed E-state index contributed by atoms with van der Waals surface area (Å²) in [5.41, 5.74) is 3.83. The number of benzene rings is 2. The molecule has 1 amide bonds. The van der Waals surface area contributed by atoms with Gasteiger partial charge in [0.25, 0.3) is 5.91 Å². The van der Waals surface area contributed by atoms with Gasteiger partial charge in [0.15, 0.2) is 0 Å². The Morgan fingerprint density at radius 3 is 2.48 bits per heavy atom. The third-order valence-electron chi connectivity index (χ3n) is 7.44. The minimum absolute atomic E-state index is 0.149. The van der Waals surface area contributed by atoms with Crippen molar-refractivity contribution in [3.63, 3.8) is 0 Å². The zero-order chi connectivity index (χ0) is 22.8. The van der Waals surface area contributed by atoms with Gasteiger partial charge in [-0.2, -0.15) is 0 Å². The summed E-state index contributed by atoms with van der Waals surface area (Å²) >= 11 is 0. The Kier molecular flexibility index (Phi) is 6.32. The average molecular weight is 443 g/mol. The summed E-state index contributed by atoms with van der Waals surface area (Å²) in [5.74, 6) is 0.149. The maximum atomic E-state index is 13.1. The second-order valence-corrected chi connectivity index (χ2v) is 9.73. The predicted molar refractivity (Wildman–Crippen MR) is 134 cm³/mol. The predicted octanol–water partition coefficient (Wildman–Crippen LogP) is 5.17. The van der Waals surface area contributed by atoms with Gasteiger partial charge in [0, 0.05) is 79.5 Å². The maximum absolute atomic E-state index is 13.1. The molecule has 0 radical (unpaired) electrons. The summed E-state index contributed by atoms with van der Waals surface area (Å²) in [7, 11) is 0. The van der Waals surface area contributed by atoms with Gasteiger partial charge in [0.05, 0.1) is 0 Å². The van der Waals surface area contributed by atoms with Crippen molar-refractivity contribution >= 4 is 22.5 Å². The monoisotopic (exact) mass is 442 g/mol. The van der Waals surface area contributed by atoms with Crippen LogP contribution in [0.15, 0.2) is 60.8 Å². The van der Waals surface area contributed by atoms with Crippen molar-refractivity contribution in [3.8, 4) is 0 Å². The maximum Gasteiger partial charge on any atom is 0.253 e. The summed E-state index contributed by atoms with van der Waals surface area (Å²) in [6, 6.07) is 19.4. The highest BCUT2D eigenvalue weighted by atomic mass is 16.2.